The molecule has 0 radical (unpaired) electrons. The molecule has 5 nitrogen and oxygen atoms in total. The predicted molar refractivity (Wildman–Crippen MR) is 80.2 cm³/mol. The van der Waals surface area contributed by atoms with Crippen LogP contribution in [-0.2, 0) is 14.3 Å². The number of carboxylic acid groups (broad SMARTS) is 1. The van der Waals surface area contributed by atoms with Gasteiger partial charge in [-0.2, -0.15) is 0 Å². The first-order valence-electron chi connectivity index (χ1n) is 7.85. The van der Waals surface area contributed by atoms with Crippen molar-refractivity contribution in [3.63, 3.8) is 0 Å². The van der Waals surface area contributed by atoms with Gasteiger partial charge in [-0.25, -0.2) is 0 Å². The normalized spacial score (nSPS) is 28.5. The lowest BCUT2D eigenvalue weighted by Gasteiger charge is -2.33. The molecule has 2 aliphatic rings. The molecule has 1 amide bonds. The molecule has 2 fully saturated rings. The second kappa shape index (κ2) is 6.48. The largest absolute Gasteiger partial charge is 0.481 e. The van der Waals surface area contributed by atoms with Crippen molar-refractivity contribution in [1.82, 2.24) is 4.90 Å². The molecule has 3 rings (SSSR count). The van der Waals surface area contributed by atoms with E-state index in [-0.39, 0.29) is 17.9 Å². The number of carboxylic acids is 1. The molecule has 2 aliphatic heterocycles. The second-order valence-corrected chi connectivity index (χ2v) is 6.06. The zero-order valence-corrected chi connectivity index (χ0v) is 12.5. The van der Waals surface area contributed by atoms with Gasteiger partial charge in [-0.15, -0.1) is 0 Å². The van der Waals surface area contributed by atoms with E-state index in [1.165, 1.54) is 0 Å². The van der Waals surface area contributed by atoms with Crippen LogP contribution in [0.25, 0.3) is 0 Å². The van der Waals surface area contributed by atoms with Gasteiger partial charge in [0.05, 0.1) is 17.9 Å². The Balaban J connectivity index is 1.74. The molecule has 1 aromatic carbocycles. The highest BCUT2D eigenvalue weighted by Crippen LogP contribution is 2.35. The summed E-state index contributed by atoms with van der Waals surface area (Å²) in [5.74, 6) is -1.40. The van der Waals surface area contributed by atoms with Crippen LogP contribution in [0.4, 0.5) is 0 Å². The van der Waals surface area contributed by atoms with Crippen LogP contribution in [-0.4, -0.2) is 41.6 Å². The molecule has 5 heteroatoms. The van der Waals surface area contributed by atoms with E-state index in [1.807, 2.05) is 30.3 Å². The van der Waals surface area contributed by atoms with E-state index in [4.69, 9.17) is 9.84 Å². The van der Waals surface area contributed by atoms with Crippen molar-refractivity contribution in [1.29, 1.82) is 0 Å². The molecule has 0 bridgehead atoms. The molecule has 22 heavy (non-hydrogen) atoms. The summed E-state index contributed by atoms with van der Waals surface area (Å²) >= 11 is 0. The first kappa shape index (κ1) is 15.0. The summed E-state index contributed by atoms with van der Waals surface area (Å²) in [6, 6.07) is 9.82. The monoisotopic (exact) mass is 303 g/mol. The maximum absolute atomic E-state index is 12.8. The Hall–Kier alpha value is -1.88. The third kappa shape index (κ3) is 2.99. The number of aliphatic carboxylic acids is 1. The molecule has 0 aromatic heterocycles. The third-order valence-corrected chi connectivity index (χ3v) is 4.62. The Morgan fingerprint density at radius 2 is 1.95 bits per heavy atom. The van der Waals surface area contributed by atoms with Gasteiger partial charge >= 0.3 is 5.97 Å². The Kier molecular flexibility index (Phi) is 4.43. The summed E-state index contributed by atoms with van der Waals surface area (Å²) in [5, 5.41) is 9.09. The number of hydrogen-bond acceptors (Lipinski definition) is 3. The molecule has 3 atom stereocenters. The Bertz CT molecular complexity index is 545. The Labute approximate surface area is 129 Å². The molecule has 1 N–H and O–H groups in total. The number of hydrogen-bond donors (Lipinski definition) is 1. The fourth-order valence-corrected chi connectivity index (χ4v) is 3.40. The summed E-state index contributed by atoms with van der Waals surface area (Å²) in [6.07, 6.45) is 2.00. The molecule has 0 spiro atoms. The van der Waals surface area contributed by atoms with Crippen LogP contribution >= 0.6 is 0 Å². The van der Waals surface area contributed by atoms with E-state index < -0.39 is 11.9 Å². The number of carbonyl (C=O) groups excluding carboxylic acids is 1. The van der Waals surface area contributed by atoms with Crippen molar-refractivity contribution in [2.75, 3.05) is 19.7 Å². The number of amides is 1. The molecule has 1 aromatic rings. The fourth-order valence-electron chi connectivity index (χ4n) is 3.40. The maximum atomic E-state index is 12.8. The molecule has 0 aliphatic carbocycles. The van der Waals surface area contributed by atoms with Gasteiger partial charge in [-0.1, -0.05) is 30.3 Å². The van der Waals surface area contributed by atoms with Gasteiger partial charge in [0.25, 0.3) is 0 Å². The number of ether oxygens (including phenoxy) is 1. The second-order valence-electron chi connectivity index (χ2n) is 6.06. The van der Waals surface area contributed by atoms with Crippen molar-refractivity contribution in [2.45, 2.75) is 25.4 Å². The highest BCUT2D eigenvalue weighted by atomic mass is 16.5. The van der Waals surface area contributed by atoms with E-state index in [9.17, 15) is 9.59 Å². The number of benzene rings is 1. The quantitative estimate of drug-likeness (QED) is 0.928. The van der Waals surface area contributed by atoms with Crippen LogP contribution in [0.15, 0.2) is 30.3 Å². The SMILES string of the molecule is O=C(O)[C@@H]1CCN(C(=O)[C@H]2CCCO[C@H]2c2ccccc2)C1. The van der Waals surface area contributed by atoms with E-state index in [1.54, 1.807) is 4.90 Å². The Morgan fingerprint density at radius 1 is 1.18 bits per heavy atom. The average molecular weight is 303 g/mol. The molecule has 2 saturated heterocycles. The lowest BCUT2D eigenvalue weighted by Crippen LogP contribution is -2.40. The van der Waals surface area contributed by atoms with Gasteiger partial charge in [0.1, 0.15) is 0 Å². The number of nitrogens with zero attached hydrogens (tertiary/aromatic N) is 1. The predicted octanol–water partition coefficient (Wildman–Crippen LogP) is 2.09. The smallest absolute Gasteiger partial charge is 0.308 e. The van der Waals surface area contributed by atoms with E-state index >= 15 is 0 Å². The molecule has 0 unspecified atom stereocenters. The van der Waals surface area contributed by atoms with Crippen molar-refractivity contribution < 1.29 is 19.4 Å². The zero-order valence-electron chi connectivity index (χ0n) is 12.5. The summed E-state index contributed by atoms with van der Waals surface area (Å²) < 4.78 is 5.87. The van der Waals surface area contributed by atoms with Crippen LogP contribution in [0, 0.1) is 11.8 Å². The van der Waals surface area contributed by atoms with Crippen LogP contribution in [0.3, 0.4) is 0 Å². The van der Waals surface area contributed by atoms with Gasteiger partial charge in [-0.05, 0) is 24.8 Å². The zero-order chi connectivity index (χ0) is 15.5. The summed E-state index contributed by atoms with van der Waals surface area (Å²) in [6.45, 7) is 1.53. The van der Waals surface area contributed by atoms with E-state index in [0.717, 1.165) is 18.4 Å². The molecular formula is C17H21NO4. The highest BCUT2D eigenvalue weighted by molar-refractivity contribution is 5.81. The van der Waals surface area contributed by atoms with Crippen LogP contribution in [0.2, 0.25) is 0 Å². The lowest BCUT2D eigenvalue weighted by molar-refractivity contribution is -0.145. The Morgan fingerprint density at radius 3 is 2.64 bits per heavy atom. The minimum atomic E-state index is -0.810. The fraction of sp³-hybridized carbons (Fsp3) is 0.529. The van der Waals surface area contributed by atoms with Gasteiger partial charge in [-0.3, -0.25) is 9.59 Å². The summed E-state index contributed by atoms with van der Waals surface area (Å²) in [7, 11) is 0. The van der Waals surface area contributed by atoms with Crippen molar-refractivity contribution in [2.24, 2.45) is 11.8 Å². The molecule has 0 saturated carbocycles. The standard InChI is InChI=1S/C17H21NO4/c19-16(18-9-8-13(11-18)17(20)21)14-7-4-10-22-15(14)12-5-2-1-3-6-12/h1-3,5-6,13-15H,4,7-11H2,(H,20,21)/t13-,14+,15+/m1/s1. The number of rotatable bonds is 3. The number of likely N-dealkylation sites (tertiary alicyclic amines) is 1. The van der Waals surface area contributed by atoms with Gasteiger partial charge in [0.2, 0.25) is 5.91 Å². The first-order valence-corrected chi connectivity index (χ1v) is 7.85. The van der Waals surface area contributed by atoms with E-state index in [2.05, 4.69) is 0 Å². The van der Waals surface area contributed by atoms with Crippen LogP contribution in [0.1, 0.15) is 30.9 Å². The third-order valence-electron chi connectivity index (χ3n) is 4.62. The van der Waals surface area contributed by atoms with Crippen molar-refractivity contribution in [3.8, 4) is 0 Å². The minimum Gasteiger partial charge on any atom is -0.481 e. The summed E-state index contributed by atoms with van der Waals surface area (Å²) in [4.78, 5) is 25.6. The molecular weight excluding hydrogens is 282 g/mol. The van der Waals surface area contributed by atoms with Crippen LogP contribution < -0.4 is 0 Å². The van der Waals surface area contributed by atoms with Gasteiger partial charge < -0.3 is 14.7 Å². The highest BCUT2D eigenvalue weighted by Gasteiger charge is 2.39. The average Bonchev–Trinajstić information content (AvgIpc) is 3.05. The van der Waals surface area contributed by atoms with E-state index in [0.29, 0.717) is 26.1 Å². The van der Waals surface area contributed by atoms with Gasteiger partial charge in [0, 0.05) is 19.7 Å². The number of carbonyl (C=O) groups is 2. The minimum absolute atomic E-state index is 0.0392. The van der Waals surface area contributed by atoms with Crippen molar-refractivity contribution >= 4 is 11.9 Å². The first-order chi connectivity index (χ1) is 10.7. The lowest BCUT2D eigenvalue weighted by atomic mass is 9.88. The summed E-state index contributed by atoms with van der Waals surface area (Å²) in [5.41, 5.74) is 1.02. The topological polar surface area (TPSA) is 66.8 Å². The van der Waals surface area contributed by atoms with Crippen molar-refractivity contribution in [3.05, 3.63) is 35.9 Å². The van der Waals surface area contributed by atoms with Crippen LogP contribution in [0.5, 0.6) is 0 Å². The van der Waals surface area contributed by atoms with Gasteiger partial charge in [0.15, 0.2) is 0 Å². The molecule has 118 valence electrons. The maximum Gasteiger partial charge on any atom is 0.308 e. The molecule has 2 heterocycles.